The van der Waals surface area contributed by atoms with E-state index in [0.717, 1.165) is 42.3 Å². The number of benzene rings is 2. The van der Waals surface area contributed by atoms with Crippen molar-refractivity contribution in [3.63, 3.8) is 0 Å². The average molecular weight is 411 g/mol. The van der Waals surface area contributed by atoms with Crippen LogP contribution in [0, 0.1) is 31.4 Å². The molecule has 156 valence electrons. The first-order valence-electron chi connectivity index (χ1n) is 10.0. The maximum Gasteiger partial charge on any atom is 0.335 e. The SMILES string of the molecule is Cc1ccc(C(=O)O)c(C)c1-c1nnc2n1CC(CCc1ccc(F)cc1F)CC2. The van der Waals surface area contributed by atoms with Crippen LogP contribution in [0.3, 0.4) is 0 Å². The first-order valence-corrected chi connectivity index (χ1v) is 10.0. The molecule has 0 saturated carbocycles. The lowest BCUT2D eigenvalue weighted by Crippen LogP contribution is -2.22. The summed E-state index contributed by atoms with van der Waals surface area (Å²) in [5, 5.41) is 18.2. The van der Waals surface area contributed by atoms with Crippen LogP contribution in [-0.2, 0) is 19.4 Å². The van der Waals surface area contributed by atoms with Crippen LogP contribution >= 0.6 is 0 Å². The van der Waals surface area contributed by atoms with Crippen molar-refractivity contribution in [1.29, 1.82) is 0 Å². The van der Waals surface area contributed by atoms with Gasteiger partial charge in [0, 0.05) is 24.6 Å². The smallest absolute Gasteiger partial charge is 0.335 e. The molecule has 7 heteroatoms. The van der Waals surface area contributed by atoms with Crippen molar-refractivity contribution in [2.24, 2.45) is 5.92 Å². The van der Waals surface area contributed by atoms with E-state index in [1.807, 2.05) is 6.92 Å². The Morgan fingerprint density at radius 2 is 2.00 bits per heavy atom. The van der Waals surface area contributed by atoms with Gasteiger partial charge >= 0.3 is 5.97 Å². The second-order valence-electron chi connectivity index (χ2n) is 7.96. The van der Waals surface area contributed by atoms with Gasteiger partial charge in [-0.1, -0.05) is 12.1 Å². The predicted octanol–water partition coefficient (Wildman–Crippen LogP) is 4.73. The molecular weight excluding hydrogens is 388 g/mol. The summed E-state index contributed by atoms with van der Waals surface area (Å²) in [6.45, 7) is 4.43. The molecule has 1 aliphatic heterocycles. The lowest BCUT2D eigenvalue weighted by atomic mass is 9.91. The van der Waals surface area contributed by atoms with Crippen molar-refractivity contribution in [3.05, 3.63) is 70.0 Å². The Kier molecular flexibility index (Phi) is 5.37. The van der Waals surface area contributed by atoms with E-state index >= 15 is 0 Å². The Hall–Kier alpha value is -3.09. The molecule has 2 aromatic carbocycles. The van der Waals surface area contributed by atoms with Crippen LogP contribution in [-0.4, -0.2) is 25.8 Å². The Morgan fingerprint density at radius 1 is 1.20 bits per heavy atom. The van der Waals surface area contributed by atoms with E-state index in [0.29, 0.717) is 35.8 Å². The van der Waals surface area contributed by atoms with Crippen LogP contribution in [0.2, 0.25) is 0 Å². The number of aromatic nitrogens is 3. The van der Waals surface area contributed by atoms with Gasteiger partial charge in [0.2, 0.25) is 0 Å². The van der Waals surface area contributed by atoms with E-state index in [1.54, 1.807) is 19.1 Å². The Labute approximate surface area is 173 Å². The molecule has 4 rings (SSSR count). The maximum atomic E-state index is 14.0. The number of hydrogen-bond acceptors (Lipinski definition) is 3. The molecule has 0 saturated heterocycles. The van der Waals surface area contributed by atoms with Crippen LogP contribution in [0.4, 0.5) is 8.78 Å². The summed E-state index contributed by atoms with van der Waals surface area (Å²) in [6, 6.07) is 7.13. The molecule has 1 N–H and O–H groups in total. The van der Waals surface area contributed by atoms with Crippen LogP contribution in [0.5, 0.6) is 0 Å². The zero-order valence-electron chi connectivity index (χ0n) is 17.0. The fourth-order valence-corrected chi connectivity index (χ4v) is 4.32. The zero-order chi connectivity index (χ0) is 21.4. The number of fused-ring (bicyclic) bond motifs is 1. The van der Waals surface area contributed by atoms with E-state index in [1.165, 1.54) is 12.1 Å². The lowest BCUT2D eigenvalue weighted by molar-refractivity contribution is 0.0696. The van der Waals surface area contributed by atoms with Gasteiger partial charge < -0.3 is 9.67 Å². The molecule has 0 bridgehead atoms. The fraction of sp³-hybridized carbons (Fsp3) is 0.348. The minimum absolute atomic E-state index is 0.257. The van der Waals surface area contributed by atoms with Crippen LogP contribution in [0.1, 0.15) is 45.7 Å². The number of halogens is 2. The topological polar surface area (TPSA) is 68.0 Å². The second-order valence-corrected chi connectivity index (χ2v) is 7.96. The molecule has 0 aliphatic carbocycles. The van der Waals surface area contributed by atoms with Gasteiger partial charge in [-0.15, -0.1) is 10.2 Å². The van der Waals surface area contributed by atoms with Gasteiger partial charge in [0.1, 0.15) is 17.5 Å². The largest absolute Gasteiger partial charge is 0.478 e. The highest BCUT2D eigenvalue weighted by molar-refractivity contribution is 5.92. The summed E-state index contributed by atoms with van der Waals surface area (Å²) >= 11 is 0. The number of carbonyl (C=O) groups is 1. The number of aromatic carboxylic acids is 1. The monoisotopic (exact) mass is 411 g/mol. The zero-order valence-corrected chi connectivity index (χ0v) is 17.0. The Balaban J connectivity index is 1.59. The molecule has 2 heterocycles. The number of carboxylic acids is 1. The second kappa shape index (κ2) is 7.97. The quantitative estimate of drug-likeness (QED) is 0.659. The summed E-state index contributed by atoms with van der Waals surface area (Å²) in [7, 11) is 0. The minimum Gasteiger partial charge on any atom is -0.478 e. The summed E-state index contributed by atoms with van der Waals surface area (Å²) in [6.07, 6.45) is 3.00. The van der Waals surface area contributed by atoms with Crippen molar-refractivity contribution >= 4 is 5.97 Å². The minimum atomic E-state index is -0.966. The number of nitrogens with zero attached hydrogens (tertiary/aromatic N) is 3. The van der Waals surface area contributed by atoms with Gasteiger partial charge in [0.15, 0.2) is 5.82 Å². The molecule has 3 aromatic rings. The van der Waals surface area contributed by atoms with Gasteiger partial charge in [-0.2, -0.15) is 0 Å². The lowest BCUT2D eigenvalue weighted by Gasteiger charge is -2.25. The van der Waals surface area contributed by atoms with Crippen LogP contribution < -0.4 is 0 Å². The van der Waals surface area contributed by atoms with Crippen molar-refractivity contribution in [2.75, 3.05) is 0 Å². The third-order valence-corrected chi connectivity index (χ3v) is 6.01. The highest BCUT2D eigenvalue weighted by Crippen LogP contribution is 2.33. The molecule has 30 heavy (non-hydrogen) atoms. The molecule has 1 aromatic heterocycles. The molecule has 0 amide bonds. The van der Waals surface area contributed by atoms with Gasteiger partial charge in [-0.05, 0) is 67.9 Å². The normalized spacial score (nSPS) is 15.8. The molecule has 1 atom stereocenters. The van der Waals surface area contributed by atoms with E-state index in [-0.39, 0.29) is 5.56 Å². The standard InChI is InChI=1S/C23H23F2N3O2/c1-13-3-9-18(23(29)30)14(2)21(13)22-27-26-20-10-5-15(12-28(20)22)4-6-16-7-8-17(24)11-19(16)25/h3,7-9,11,15H,4-6,10,12H2,1-2H3,(H,29,30). The highest BCUT2D eigenvalue weighted by atomic mass is 19.1. The predicted molar refractivity (Wildman–Crippen MR) is 108 cm³/mol. The Morgan fingerprint density at radius 3 is 2.73 bits per heavy atom. The summed E-state index contributed by atoms with van der Waals surface area (Å²) in [5.41, 5.74) is 3.20. The molecular formula is C23H23F2N3O2. The summed E-state index contributed by atoms with van der Waals surface area (Å²) in [4.78, 5) is 11.6. The number of rotatable bonds is 5. The maximum absolute atomic E-state index is 14.0. The van der Waals surface area contributed by atoms with E-state index in [4.69, 9.17) is 0 Å². The first-order chi connectivity index (χ1) is 14.3. The van der Waals surface area contributed by atoms with E-state index in [2.05, 4.69) is 14.8 Å². The van der Waals surface area contributed by atoms with Crippen LogP contribution in [0.25, 0.3) is 11.4 Å². The summed E-state index contributed by atoms with van der Waals surface area (Å²) < 4.78 is 29.2. The Bertz CT molecular complexity index is 1120. The van der Waals surface area contributed by atoms with Gasteiger partial charge in [0.25, 0.3) is 0 Å². The highest BCUT2D eigenvalue weighted by Gasteiger charge is 2.26. The molecule has 0 radical (unpaired) electrons. The van der Waals surface area contributed by atoms with Gasteiger partial charge in [-0.25, -0.2) is 13.6 Å². The third kappa shape index (κ3) is 3.72. The third-order valence-electron chi connectivity index (χ3n) is 6.01. The molecule has 0 spiro atoms. The van der Waals surface area contributed by atoms with Gasteiger partial charge in [0.05, 0.1) is 5.56 Å². The molecule has 5 nitrogen and oxygen atoms in total. The van der Waals surface area contributed by atoms with Crippen molar-refractivity contribution in [3.8, 4) is 11.4 Å². The first kappa shape index (κ1) is 20.2. The van der Waals surface area contributed by atoms with Crippen molar-refractivity contribution in [2.45, 2.75) is 46.1 Å². The van der Waals surface area contributed by atoms with Crippen LogP contribution in [0.15, 0.2) is 30.3 Å². The molecule has 1 unspecified atom stereocenters. The van der Waals surface area contributed by atoms with Gasteiger partial charge in [-0.3, -0.25) is 0 Å². The molecule has 0 fully saturated rings. The molecule has 1 aliphatic rings. The summed E-state index contributed by atoms with van der Waals surface area (Å²) in [5.74, 6) is -0.170. The van der Waals surface area contributed by atoms with E-state index < -0.39 is 17.6 Å². The van der Waals surface area contributed by atoms with Crippen molar-refractivity contribution in [1.82, 2.24) is 14.8 Å². The number of aryl methyl sites for hydroxylation is 3. The van der Waals surface area contributed by atoms with Crippen molar-refractivity contribution < 1.29 is 18.7 Å². The average Bonchev–Trinajstić information content (AvgIpc) is 3.10. The fourth-order valence-electron chi connectivity index (χ4n) is 4.32. The van der Waals surface area contributed by atoms with E-state index in [9.17, 15) is 18.7 Å². The number of hydrogen-bond donors (Lipinski definition) is 1. The number of carboxylic acid groups (broad SMARTS) is 1.